The van der Waals surface area contributed by atoms with Gasteiger partial charge >= 0.3 is 5.97 Å². The van der Waals surface area contributed by atoms with E-state index in [9.17, 15) is 4.79 Å². The molecule has 1 aromatic carbocycles. The molecule has 0 aliphatic rings. The van der Waals surface area contributed by atoms with Crippen LogP contribution in [0.4, 0.5) is 0 Å². The van der Waals surface area contributed by atoms with Crippen LogP contribution in [-0.4, -0.2) is 27.8 Å². The molecular weight excluding hydrogens is 302 g/mol. The molecule has 3 aromatic rings. The van der Waals surface area contributed by atoms with Crippen molar-refractivity contribution in [3.8, 4) is 17.1 Å². The van der Waals surface area contributed by atoms with Crippen molar-refractivity contribution in [3.05, 3.63) is 65.4 Å². The predicted molar refractivity (Wildman–Crippen MR) is 83.1 cm³/mol. The Hall–Kier alpha value is -2.66. The normalized spacial score (nSPS) is 10.5. The maximum absolute atomic E-state index is 11.8. The average molecular weight is 314 g/mol. The number of carbonyl (C=O) groups is 1. The minimum atomic E-state index is -0.511. The zero-order valence-corrected chi connectivity index (χ0v) is 12.5. The largest absolute Gasteiger partial charge is 0.464 e. The zero-order valence-electron chi connectivity index (χ0n) is 11.7. The van der Waals surface area contributed by atoms with Crippen LogP contribution in [0.3, 0.4) is 0 Å². The number of halogens is 1. The number of hydrogen-bond acceptors (Lipinski definition) is 4. The molecule has 0 unspecified atom stereocenters. The van der Waals surface area contributed by atoms with Gasteiger partial charge in [0.15, 0.2) is 5.69 Å². The summed E-state index contributed by atoms with van der Waals surface area (Å²) in [6.45, 7) is 0. The molecule has 2 heterocycles. The van der Waals surface area contributed by atoms with Crippen LogP contribution < -0.4 is 0 Å². The number of carbonyl (C=O) groups excluding carboxylic acids is 1. The highest BCUT2D eigenvalue weighted by Gasteiger charge is 2.18. The standard InChI is InChI=1S/C16H12ClN3O2/c1-22-16(21)13-10-15(12-7-4-5-9-18-12)20(19-13)14-8-3-2-6-11(14)17/h2-10H,1H3. The first-order valence-electron chi connectivity index (χ1n) is 6.55. The molecule has 0 spiro atoms. The SMILES string of the molecule is COC(=O)c1cc(-c2ccccn2)n(-c2ccccc2Cl)n1. The summed E-state index contributed by atoms with van der Waals surface area (Å²) < 4.78 is 6.33. The van der Waals surface area contributed by atoms with Gasteiger partial charge in [0.25, 0.3) is 0 Å². The number of ether oxygens (including phenoxy) is 1. The topological polar surface area (TPSA) is 57.0 Å². The first kappa shape index (κ1) is 14.3. The minimum Gasteiger partial charge on any atom is -0.464 e. The van der Waals surface area contributed by atoms with Gasteiger partial charge in [0, 0.05) is 12.3 Å². The number of hydrogen-bond donors (Lipinski definition) is 0. The second-order valence-electron chi connectivity index (χ2n) is 4.48. The Bertz CT molecular complexity index is 815. The highest BCUT2D eigenvalue weighted by Crippen LogP contribution is 2.26. The maximum atomic E-state index is 11.8. The van der Waals surface area contributed by atoms with E-state index >= 15 is 0 Å². The molecule has 0 bridgehead atoms. The van der Waals surface area contributed by atoms with E-state index in [1.165, 1.54) is 7.11 Å². The molecular formula is C16H12ClN3O2. The van der Waals surface area contributed by atoms with Gasteiger partial charge in [0.2, 0.25) is 0 Å². The number of aromatic nitrogens is 3. The second kappa shape index (κ2) is 5.99. The number of esters is 1. The van der Waals surface area contributed by atoms with Crippen LogP contribution in [0.5, 0.6) is 0 Å². The van der Waals surface area contributed by atoms with E-state index in [1.54, 1.807) is 23.0 Å². The lowest BCUT2D eigenvalue weighted by Crippen LogP contribution is -2.05. The van der Waals surface area contributed by atoms with Gasteiger partial charge in [-0.2, -0.15) is 5.10 Å². The Balaban J connectivity index is 2.22. The molecule has 22 heavy (non-hydrogen) atoms. The third-order valence-corrected chi connectivity index (χ3v) is 3.43. The third kappa shape index (κ3) is 2.58. The Morgan fingerprint density at radius 3 is 2.64 bits per heavy atom. The number of nitrogens with zero attached hydrogens (tertiary/aromatic N) is 3. The molecule has 2 aromatic heterocycles. The van der Waals surface area contributed by atoms with Crippen molar-refractivity contribution in [2.45, 2.75) is 0 Å². The van der Waals surface area contributed by atoms with Crippen molar-refractivity contribution in [2.24, 2.45) is 0 Å². The van der Waals surface area contributed by atoms with Gasteiger partial charge in [-0.3, -0.25) is 4.98 Å². The highest BCUT2D eigenvalue weighted by molar-refractivity contribution is 6.32. The summed E-state index contributed by atoms with van der Waals surface area (Å²) in [6.07, 6.45) is 1.68. The van der Waals surface area contributed by atoms with Crippen molar-refractivity contribution < 1.29 is 9.53 Å². The fourth-order valence-electron chi connectivity index (χ4n) is 2.09. The lowest BCUT2D eigenvalue weighted by atomic mass is 10.2. The molecule has 0 aliphatic heterocycles. The predicted octanol–water partition coefficient (Wildman–Crippen LogP) is 3.37. The van der Waals surface area contributed by atoms with Crippen molar-refractivity contribution in [3.63, 3.8) is 0 Å². The Kier molecular flexibility index (Phi) is 3.89. The number of methoxy groups -OCH3 is 1. The number of benzene rings is 1. The van der Waals surface area contributed by atoms with Gasteiger partial charge in [-0.25, -0.2) is 9.48 Å². The van der Waals surface area contributed by atoms with Gasteiger partial charge in [-0.15, -0.1) is 0 Å². The molecule has 5 nitrogen and oxygen atoms in total. The summed E-state index contributed by atoms with van der Waals surface area (Å²) in [5.74, 6) is -0.511. The van der Waals surface area contributed by atoms with Gasteiger partial charge in [-0.1, -0.05) is 29.8 Å². The fourth-order valence-corrected chi connectivity index (χ4v) is 2.31. The quantitative estimate of drug-likeness (QED) is 0.696. The average Bonchev–Trinajstić information content (AvgIpc) is 3.00. The van der Waals surface area contributed by atoms with E-state index in [4.69, 9.17) is 16.3 Å². The summed E-state index contributed by atoms with van der Waals surface area (Å²) in [7, 11) is 1.32. The maximum Gasteiger partial charge on any atom is 0.358 e. The summed E-state index contributed by atoms with van der Waals surface area (Å²) in [5, 5.41) is 4.83. The summed E-state index contributed by atoms with van der Waals surface area (Å²) in [6, 6.07) is 14.4. The van der Waals surface area contributed by atoms with Gasteiger partial charge in [0.1, 0.15) is 0 Å². The molecule has 0 radical (unpaired) electrons. The number of para-hydroxylation sites is 1. The minimum absolute atomic E-state index is 0.197. The van der Waals surface area contributed by atoms with E-state index in [2.05, 4.69) is 10.1 Å². The van der Waals surface area contributed by atoms with E-state index < -0.39 is 5.97 Å². The molecule has 0 amide bonds. The van der Waals surface area contributed by atoms with Crippen LogP contribution in [-0.2, 0) is 4.74 Å². The molecule has 0 aliphatic carbocycles. The first-order valence-corrected chi connectivity index (χ1v) is 6.93. The first-order chi connectivity index (χ1) is 10.7. The summed E-state index contributed by atoms with van der Waals surface area (Å²) in [5.41, 5.74) is 2.21. The van der Waals surface area contributed by atoms with Crippen LogP contribution in [0.2, 0.25) is 5.02 Å². The zero-order chi connectivity index (χ0) is 15.5. The van der Waals surface area contributed by atoms with Crippen LogP contribution in [0.1, 0.15) is 10.5 Å². The Morgan fingerprint density at radius 2 is 1.95 bits per heavy atom. The highest BCUT2D eigenvalue weighted by atomic mass is 35.5. The molecule has 0 saturated heterocycles. The Labute approximate surface area is 132 Å². The molecule has 6 heteroatoms. The molecule has 110 valence electrons. The summed E-state index contributed by atoms with van der Waals surface area (Å²) in [4.78, 5) is 16.1. The lowest BCUT2D eigenvalue weighted by Gasteiger charge is -2.08. The Morgan fingerprint density at radius 1 is 1.18 bits per heavy atom. The molecule has 0 atom stereocenters. The third-order valence-electron chi connectivity index (χ3n) is 3.11. The van der Waals surface area contributed by atoms with Gasteiger partial charge in [-0.05, 0) is 24.3 Å². The van der Waals surface area contributed by atoms with Gasteiger partial charge in [0.05, 0.1) is 29.2 Å². The van der Waals surface area contributed by atoms with Crippen molar-refractivity contribution >= 4 is 17.6 Å². The van der Waals surface area contributed by atoms with E-state index in [0.717, 1.165) is 0 Å². The molecule has 0 N–H and O–H groups in total. The summed E-state index contributed by atoms with van der Waals surface area (Å²) >= 11 is 6.24. The number of pyridine rings is 1. The van der Waals surface area contributed by atoms with Crippen molar-refractivity contribution in [1.29, 1.82) is 0 Å². The van der Waals surface area contributed by atoms with Crippen LogP contribution >= 0.6 is 11.6 Å². The van der Waals surface area contributed by atoms with Crippen LogP contribution in [0.25, 0.3) is 17.1 Å². The molecule has 0 fully saturated rings. The van der Waals surface area contributed by atoms with Crippen LogP contribution in [0, 0.1) is 0 Å². The fraction of sp³-hybridized carbons (Fsp3) is 0.0625. The van der Waals surface area contributed by atoms with E-state index in [0.29, 0.717) is 22.1 Å². The molecule has 0 saturated carbocycles. The molecule has 3 rings (SSSR count). The monoisotopic (exact) mass is 313 g/mol. The second-order valence-corrected chi connectivity index (χ2v) is 4.89. The van der Waals surface area contributed by atoms with Crippen LogP contribution in [0.15, 0.2) is 54.7 Å². The van der Waals surface area contributed by atoms with Gasteiger partial charge < -0.3 is 4.74 Å². The van der Waals surface area contributed by atoms with Crippen molar-refractivity contribution in [1.82, 2.24) is 14.8 Å². The van der Waals surface area contributed by atoms with E-state index in [1.807, 2.05) is 36.4 Å². The van der Waals surface area contributed by atoms with E-state index in [-0.39, 0.29) is 5.69 Å². The smallest absolute Gasteiger partial charge is 0.358 e. The lowest BCUT2D eigenvalue weighted by molar-refractivity contribution is 0.0593. The number of rotatable bonds is 3. The van der Waals surface area contributed by atoms with Crippen molar-refractivity contribution in [2.75, 3.05) is 7.11 Å².